The minimum atomic E-state index is -1.41. The number of hydrogen-bond acceptors (Lipinski definition) is 4. The maximum absolute atomic E-state index is 13.3. The third-order valence-electron chi connectivity index (χ3n) is 2.51. The molecule has 0 amide bonds. The van der Waals surface area contributed by atoms with Crippen LogP contribution in [0.1, 0.15) is 10.4 Å². The number of rotatable bonds is 4. The zero-order valence-electron chi connectivity index (χ0n) is 10.2. The molecule has 0 bridgehead atoms. The molecule has 0 saturated carbocycles. The minimum Gasteiger partial charge on any atom is -0.478 e. The van der Waals surface area contributed by atoms with Gasteiger partial charge < -0.3 is 5.11 Å². The number of nitrogens with zero attached hydrogens (tertiary/aromatic N) is 1. The zero-order chi connectivity index (χ0) is 15.6. The lowest BCUT2D eigenvalue weighted by molar-refractivity contribution is -0.387. The van der Waals surface area contributed by atoms with Crippen LogP contribution >= 0.6 is 23.4 Å². The van der Waals surface area contributed by atoms with Gasteiger partial charge in [-0.05, 0) is 30.3 Å². The summed E-state index contributed by atoms with van der Waals surface area (Å²) < 4.78 is 13.3. The van der Waals surface area contributed by atoms with Crippen LogP contribution in [-0.2, 0) is 0 Å². The molecule has 2 aromatic rings. The first-order valence-electron chi connectivity index (χ1n) is 5.53. The van der Waals surface area contributed by atoms with Crippen molar-refractivity contribution in [2.45, 2.75) is 9.79 Å². The van der Waals surface area contributed by atoms with Crippen molar-refractivity contribution in [3.8, 4) is 0 Å². The van der Waals surface area contributed by atoms with Crippen molar-refractivity contribution in [1.29, 1.82) is 0 Å². The van der Waals surface area contributed by atoms with E-state index in [2.05, 4.69) is 0 Å². The monoisotopic (exact) mass is 327 g/mol. The average molecular weight is 328 g/mol. The summed E-state index contributed by atoms with van der Waals surface area (Å²) in [4.78, 5) is 21.9. The summed E-state index contributed by atoms with van der Waals surface area (Å²) in [6.07, 6.45) is 0. The highest BCUT2D eigenvalue weighted by molar-refractivity contribution is 7.99. The smallest absolute Gasteiger partial charge is 0.338 e. The predicted molar refractivity (Wildman–Crippen MR) is 75.6 cm³/mol. The molecule has 2 rings (SSSR count). The number of carboxylic acid groups (broad SMARTS) is 1. The van der Waals surface area contributed by atoms with Gasteiger partial charge in [0.25, 0.3) is 5.69 Å². The summed E-state index contributed by atoms with van der Waals surface area (Å²) in [7, 11) is 0. The summed E-state index contributed by atoms with van der Waals surface area (Å²) in [5.74, 6) is -2.28. The van der Waals surface area contributed by atoms with Crippen LogP contribution < -0.4 is 0 Å². The van der Waals surface area contributed by atoms with Crippen LogP contribution in [0, 0.1) is 15.9 Å². The highest BCUT2D eigenvalue weighted by Crippen LogP contribution is 2.37. The van der Waals surface area contributed by atoms with Gasteiger partial charge in [-0.3, -0.25) is 10.1 Å². The maximum Gasteiger partial charge on any atom is 0.338 e. The lowest BCUT2D eigenvalue weighted by Crippen LogP contribution is -2.00. The normalized spacial score (nSPS) is 10.4. The molecule has 0 aromatic heterocycles. The first-order chi connectivity index (χ1) is 9.88. The Morgan fingerprint density at radius 2 is 2.00 bits per heavy atom. The fourth-order valence-corrected chi connectivity index (χ4v) is 2.82. The predicted octanol–water partition coefficient (Wildman–Crippen LogP) is 4.24. The van der Waals surface area contributed by atoms with Crippen molar-refractivity contribution in [3.63, 3.8) is 0 Å². The van der Waals surface area contributed by atoms with E-state index in [1.165, 1.54) is 24.3 Å². The molecule has 0 aliphatic carbocycles. The topological polar surface area (TPSA) is 80.4 Å². The average Bonchev–Trinajstić information content (AvgIpc) is 2.40. The highest BCUT2D eigenvalue weighted by Gasteiger charge is 2.17. The van der Waals surface area contributed by atoms with E-state index in [0.717, 1.165) is 23.9 Å². The van der Waals surface area contributed by atoms with Gasteiger partial charge in [0.15, 0.2) is 0 Å². The van der Waals surface area contributed by atoms with Crippen LogP contribution in [0.2, 0.25) is 5.02 Å². The highest BCUT2D eigenvalue weighted by atomic mass is 35.5. The molecule has 108 valence electrons. The van der Waals surface area contributed by atoms with Crippen molar-refractivity contribution in [2.24, 2.45) is 0 Å². The number of benzene rings is 2. The van der Waals surface area contributed by atoms with Crippen LogP contribution in [0.25, 0.3) is 0 Å². The molecule has 0 fully saturated rings. The van der Waals surface area contributed by atoms with E-state index in [1.807, 2.05) is 0 Å². The number of aromatic carboxylic acids is 1. The van der Waals surface area contributed by atoms with Crippen molar-refractivity contribution in [2.75, 3.05) is 0 Å². The molecule has 0 aliphatic rings. The molecule has 2 aromatic carbocycles. The van der Waals surface area contributed by atoms with E-state index in [1.54, 1.807) is 0 Å². The molecule has 0 atom stereocenters. The van der Waals surface area contributed by atoms with E-state index >= 15 is 0 Å². The van der Waals surface area contributed by atoms with Crippen LogP contribution in [0.4, 0.5) is 10.1 Å². The zero-order valence-corrected chi connectivity index (χ0v) is 11.8. The van der Waals surface area contributed by atoms with Crippen molar-refractivity contribution >= 4 is 35.0 Å². The number of nitro benzene ring substituents is 1. The van der Waals surface area contributed by atoms with E-state index in [0.29, 0.717) is 9.92 Å². The van der Waals surface area contributed by atoms with Gasteiger partial charge in [0.2, 0.25) is 0 Å². The molecule has 5 nitrogen and oxygen atoms in total. The second kappa shape index (κ2) is 6.11. The summed E-state index contributed by atoms with van der Waals surface area (Å²) >= 11 is 6.75. The van der Waals surface area contributed by atoms with Gasteiger partial charge in [-0.25, -0.2) is 9.18 Å². The number of nitro groups is 1. The Morgan fingerprint density at radius 3 is 2.62 bits per heavy atom. The Balaban J connectivity index is 2.43. The van der Waals surface area contributed by atoms with Gasteiger partial charge in [0.05, 0.1) is 15.4 Å². The van der Waals surface area contributed by atoms with Crippen molar-refractivity contribution in [3.05, 3.63) is 62.9 Å². The summed E-state index contributed by atoms with van der Waals surface area (Å²) in [6, 6.07) is 7.50. The Labute approximate surface area is 127 Å². The molecule has 8 heteroatoms. The number of carboxylic acids is 1. The summed E-state index contributed by atoms with van der Waals surface area (Å²) in [5, 5.41) is 20.1. The van der Waals surface area contributed by atoms with Crippen LogP contribution in [0.15, 0.2) is 46.2 Å². The molecular weight excluding hydrogens is 321 g/mol. The first kappa shape index (κ1) is 15.3. The number of halogens is 2. The number of carbonyl (C=O) groups is 1. The van der Waals surface area contributed by atoms with E-state index in [9.17, 15) is 19.3 Å². The molecule has 0 heterocycles. The molecule has 0 spiro atoms. The molecular formula is C13H7ClFNO4S. The SMILES string of the molecule is O=C(O)c1cc(Sc2cc(Cl)ccc2[N+](=O)[O-])ccc1F. The standard InChI is InChI=1S/C13H7ClFNO4S/c14-7-1-4-11(16(19)20)12(5-7)21-8-2-3-10(15)9(6-8)13(17)18/h1-6H,(H,17,18). The summed E-state index contributed by atoms with van der Waals surface area (Å²) in [5.41, 5.74) is -0.657. The van der Waals surface area contributed by atoms with Crippen LogP contribution in [0.5, 0.6) is 0 Å². The Hall–Kier alpha value is -2.12. The molecule has 21 heavy (non-hydrogen) atoms. The lowest BCUT2D eigenvalue weighted by atomic mass is 10.2. The number of hydrogen-bond donors (Lipinski definition) is 1. The molecule has 0 radical (unpaired) electrons. The molecule has 1 N–H and O–H groups in total. The van der Waals surface area contributed by atoms with E-state index in [-0.39, 0.29) is 10.6 Å². The maximum atomic E-state index is 13.3. The van der Waals surface area contributed by atoms with E-state index < -0.39 is 22.3 Å². The Bertz CT molecular complexity index is 738. The molecule has 0 unspecified atom stereocenters. The van der Waals surface area contributed by atoms with Gasteiger partial charge in [-0.15, -0.1) is 0 Å². The van der Waals surface area contributed by atoms with Gasteiger partial charge >= 0.3 is 5.97 Å². The third-order valence-corrected chi connectivity index (χ3v) is 3.79. The van der Waals surface area contributed by atoms with Gasteiger partial charge in [0, 0.05) is 16.0 Å². The van der Waals surface area contributed by atoms with E-state index in [4.69, 9.17) is 16.7 Å². The lowest BCUT2D eigenvalue weighted by Gasteiger charge is -2.05. The van der Waals surface area contributed by atoms with Crippen molar-refractivity contribution < 1.29 is 19.2 Å². The Kier molecular flexibility index (Phi) is 4.44. The van der Waals surface area contributed by atoms with Gasteiger partial charge in [0.1, 0.15) is 5.82 Å². The third kappa shape index (κ3) is 3.50. The largest absolute Gasteiger partial charge is 0.478 e. The van der Waals surface area contributed by atoms with Gasteiger partial charge in [-0.2, -0.15) is 0 Å². The molecule has 0 saturated heterocycles. The second-order valence-electron chi connectivity index (χ2n) is 3.92. The minimum absolute atomic E-state index is 0.161. The fraction of sp³-hybridized carbons (Fsp3) is 0. The summed E-state index contributed by atoms with van der Waals surface area (Å²) in [6.45, 7) is 0. The van der Waals surface area contributed by atoms with Crippen LogP contribution in [-0.4, -0.2) is 16.0 Å². The fourth-order valence-electron chi connectivity index (χ4n) is 1.58. The van der Waals surface area contributed by atoms with Crippen LogP contribution in [0.3, 0.4) is 0 Å². The first-order valence-corrected chi connectivity index (χ1v) is 6.72. The van der Waals surface area contributed by atoms with Crippen molar-refractivity contribution in [1.82, 2.24) is 0 Å². The molecule has 0 aliphatic heterocycles. The van der Waals surface area contributed by atoms with Gasteiger partial charge in [-0.1, -0.05) is 23.4 Å². The Morgan fingerprint density at radius 1 is 1.29 bits per heavy atom. The second-order valence-corrected chi connectivity index (χ2v) is 5.47. The quantitative estimate of drug-likeness (QED) is 0.671.